The van der Waals surface area contributed by atoms with Gasteiger partial charge in [0.15, 0.2) is 16.7 Å². The van der Waals surface area contributed by atoms with Gasteiger partial charge in [-0.3, -0.25) is 14.7 Å². The molecule has 0 saturated carbocycles. The molecule has 11 heteroatoms. The Balaban J connectivity index is 1.63. The first-order valence-corrected chi connectivity index (χ1v) is 13.0. The van der Waals surface area contributed by atoms with Gasteiger partial charge in [-0.05, 0) is 61.9 Å². The van der Waals surface area contributed by atoms with Crippen molar-refractivity contribution in [3.05, 3.63) is 104 Å². The monoisotopic (exact) mass is 549 g/mol. The van der Waals surface area contributed by atoms with Crippen molar-refractivity contribution in [1.82, 2.24) is 14.8 Å². The minimum absolute atomic E-state index is 0.180. The molecule has 0 fully saturated rings. The second-order valence-electron chi connectivity index (χ2n) is 8.16. The van der Waals surface area contributed by atoms with Crippen LogP contribution in [0.2, 0.25) is 5.02 Å². The summed E-state index contributed by atoms with van der Waals surface area (Å²) in [7, 11) is 0. The van der Waals surface area contributed by atoms with Gasteiger partial charge in [-0.1, -0.05) is 47.6 Å². The third-order valence-corrected chi connectivity index (χ3v) is 7.04. The number of nitrogens with zero attached hydrogens (tertiary/aromatic N) is 5. The van der Waals surface area contributed by atoms with Gasteiger partial charge >= 0.3 is 0 Å². The summed E-state index contributed by atoms with van der Waals surface area (Å²) in [5.74, 6) is 1.59. The molecule has 0 unspecified atom stereocenters. The van der Waals surface area contributed by atoms with Gasteiger partial charge < -0.3 is 9.47 Å². The molecule has 0 N–H and O–H groups in total. The van der Waals surface area contributed by atoms with E-state index in [4.69, 9.17) is 21.1 Å². The van der Waals surface area contributed by atoms with Crippen molar-refractivity contribution in [3.63, 3.8) is 0 Å². The summed E-state index contributed by atoms with van der Waals surface area (Å²) in [6.07, 6.45) is 0. The lowest BCUT2D eigenvalue weighted by atomic mass is 10.1. The average Bonchev–Trinajstić information content (AvgIpc) is 3.27. The van der Waals surface area contributed by atoms with Crippen LogP contribution in [0.3, 0.4) is 0 Å². The largest absolute Gasteiger partial charge is 0.490 e. The van der Waals surface area contributed by atoms with Gasteiger partial charge in [-0.25, -0.2) is 0 Å². The fraction of sp³-hybridized carbons (Fsp3) is 0.222. The summed E-state index contributed by atoms with van der Waals surface area (Å²) >= 11 is 7.29. The number of nitro groups is 1. The Labute approximate surface area is 229 Å². The van der Waals surface area contributed by atoms with Gasteiger partial charge in [0, 0.05) is 21.2 Å². The fourth-order valence-electron chi connectivity index (χ4n) is 3.80. The number of thioether (sulfide) groups is 1. The molecule has 38 heavy (non-hydrogen) atoms. The lowest BCUT2D eigenvalue weighted by molar-refractivity contribution is -0.479. The van der Waals surface area contributed by atoms with Crippen molar-refractivity contribution in [3.8, 4) is 23.3 Å². The molecule has 0 amide bonds. The van der Waals surface area contributed by atoms with Crippen LogP contribution in [0.5, 0.6) is 11.5 Å². The van der Waals surface area contributed by atoms with Crippen LogP contribution in [-0.2, 0) is 6.61 Å². The maximum absolute atomic E-state index is 11.6. The van der Waals surface area contributed by atoms with Crippen LogP contribution in [0.25, 0.3) is 5.69 Å². The molecule has 1 atom stereocenters. The lowest BCUT2D eigenvalue weighted by Gasteiger charge is -2.17. The zero-order chi connectivity index (χ0) is 27.1. The predicted molar refractivity (Wildman–Crippen MR) is 145 cm³/mol. The van der Waals surface area contributed by atoms with Crippen LogP contribution in [0.15, 0.2) is 71.9 Å². The normalized spacial score (nSPS) is 11.5. The molecule has 1 aromatic heterocycles. The smallest absolute Gasteiger partial charge is 0.220 e. The van der Waals surface area contributed by atoms with Crippen LogP contribution in [0, 0.1) is 28.4 Å². The third kappa shape index (κ3) is 6.43. The zero-order valence-electron chi connectivity index (χ0n) is 20.7. The van der Waals surface area contributed by atoms with Crippen molar-refractivity contribution >= 4 is 23.4 Å². The molecule has 4 aromatic rings. The highest BCUT2D eigenvalue weighted by Crippen LogP contribution is 2.40. The Morgan fingerprint density at radius 3 is 2.58 bits per heavy atom. The number of nitriles is 1. The Kier molecular flexibility index (Phi) is 8.84. The molecule has 0 bridgehead atoms. The van der Waals surface area contributed by atoms with Gasteiger partial charge in [0.25, 0.3) is 0 Å². The molecule has 0 aliphatic heterocycles. The van der Waals surface area contributed by atoms with Crippen molar-refractivity contribution in [1.29, 1.82) is 5.26 Å². The van der Waals surface area contributed by atoms with Crippen molar-refractivity contribution in [2.45, 2.75) is 30.9 Å². The van der Waals surface area contributed by atoms with Crippen LogP contribution >= 0.6 is 23.4 Å². The van der Waals surface area contributed by atoms with Crippen molar-refractivity contribution in [2.75, 3.05) is 13.2 Å². The topological polar surface area (TPSA) is 116 Å². The molecule has 0 aliphatic rings. The second-order valence-corrected chi connectivity index (χ2v) is 9.77. The summed E-state index contributed by atoms with van der Waals surface area (Å²) < 4.78 is 13.6. The van der Waals surface area contributed by atoms with Gasteiger partial charge in [-0.2, -0.15) is 5.26 Å². The van der Waals surface area contributed by atoms with E-state index in [0.29, 0.717) is 45.2 Å². The van der Waals surface area contributed by atoms with E-state index < -0.39 is 5.25 Å². The molecule has 3 aromatic carbocycles. The van der Waals surface area contributed by atoms with Crippen LogP contribution in [0.1, 0.15) is 34.7 Å². The van der Waals surface area contributed by atoms with E-state index in [0.717, 1.165) is 11.3 Å². The lowest BCUT2D eigenvalue weighted by Crippen LogP contribution is -2.12. The van der Waals surface area contributed by atoms with E-state index in [1.807, 2.05) is 42.7 Å². The maximum Gasteiger partial charge on any atom is 0.220 e. The number of rotatable bonds is 11. The minimum atomic E-state index is -0.577. The molecule has 0 spiro atoms. The molecule has 1 heterocycles. The van der Waals surface area contributed by atoms with Gasteiger partial charge in [-0.15, -0.1) is 10.2 Å². The van der Waals surface area contributed by atoms with Crippen LogP contribution < -0.4 is 9.47 Å². The number of aromatic nitrogens is 3. The highest BCUT2D eigenvalue weighted by atomic mass is 35.5. The first-order chi connectivity index (χ1) is 18.4. The summed E-state index contributed by atoms with van der Waals surface area (Å²) in [5, 5.41) is 30.0. The predicted octanol–water partition coefficient (Wildman–Crippen LogP) is 6.19. The average molecular weight is 550 g/mol. The Hall–Kier alpha value is -4.07. The zero-order valence-corrected chi connectivity index (χ0v) is 22.3. The van der Waals surface area contributed by atoms with E-state index in [1.54, 1.807) is 42.5 Å². The van der Waals surface area contributed by atoms with Gasteiger partial charge in [0.05, 0.1) is 18.2 Å². The fourth-order valence-corrected chi connectivity index (χ4v) is 5.09. The van der Waals surface area contributed by atoms with Crippen LogP contribution in [-0.4, -0.2) is 32.8 Å². The maximum atomic E-state index is 11.6. The first-order valence-electron chi connectivity index (χ1n) is 11.7. The Morgan fingerprint density at radius 1 is 1.11 bits per heavy atom. The van der Waals surface area contributed by atoms with Crippen LogP contribution in [0.4, 0.5) is 0 Å². The number of hydrogen-bond donors (Lipinski definition) is 0. The molecular formula is C27H24ClN5O4S. The van der Waals surface area contributed by atoms with E-state index in [9.17, 15) is 15.4 Å². The van der Waals surface area contributed by atoms with E-state index in [2.05, 4.69) is 16.3 Å². The number of aryl methyl sites for hydroxylation is 1. The van der Waals surface area contributed by atoms with E-state index in [1.165, 1.54) is 11.8 Å². The molecule has 4 rings (SSSR count). The first kappa shape index (κ1) is 27.0. The summed E-state index contributed by atoms with van der Waals surface area (Å²) in [6, 6.07) is 21.8. The number of ether oxygens (including phenoxy) is 2. The van der Waals surface area contributed by atoms with E-state index >= 15 is 0 Å². The summed E-state index contributed by atoms with van der Waals surface area (Å²) in [5.41, 5.74) is 2.77. The van der Waals surface area contributed by atoms with Crippen molar-refractivity contribution < 1.29 is 14.4 Å². The van der Waals surface area contributed by atoms with Gasteiger partial charge in [0.2, 0.25) is 6.54 Å². The number of halogens is 1. The summed E-state index contributed by atoms with van der Waals surface area (Å²) in [6.45, 7) is 3.89. The highest BCUT2D eigenvalue weighted by molar-refractivity contribution is 7.99. The number of benzene rings is 3. The number of hydrogen-bond acceptors (Lipinski definition) is 8. The minimum Gasteiger partial charge on any atom is -0.490 e. The molecule has 194 valence electrons. The van der Waals surface area contributed by atoms with E-state index in [-0.39, 0.29) is 18.1 Å². The molecule has 0 radical (unpaired) electrons. The van der Waals surface area contributed by atoms with Gasteiger partial charge in [0.1, 0.15) is 17.7 Å². The molecule has 9 nitrogen and oxygen atoms in total. The molecule has 0 aliphatic carbocycles. The SMILES string of the molecule is CCOc1cc([C@H](C[N+](=O)[O-])Sc2nnc(C)n2-c2ccc(Cl)cc2)ccc1OCc1ccccc1C#N. The Bertz CT molecular complexity index is 1470. The quantitative estimate of drug-likeness (QED) is 0.123. The van der Waals surface area contributed by atoms with Crippen molar-refractivity contribution in [2.24, 2.45) is 0 Å². The highest BCUT2D eigenvalue weighted by Gasteiger charge is 2.25. The Morgan fingerprint density at radius 2 is 1.87 bits per heavy atom. The molecular weight excluding hydrogens is 526 g/mol. The second kappa shape index (κ2) is 12.4. The molecule has 0 saturated heterocycles. The standard InChI is InChI=1S/C27H24ClN5O4S/c1-3-36-25-14-19(8-13-24(25)37-17-21-7-5-4-6-20(21)15-29)26(16-32(34)35)38-27-31-30-18(2)33(27)23-11-9-22(28)10-12-23/h4-14,26H,3,16-17H2,1-2H3/t26-/m0/s1. The third-order valence-electron chi connectivity index (χ3n) is 5.60. The summed E-state index contributed by atoms with van der Waals surface area (Å²) in [4.78, 5) is 11.3.